The smallest absolute Gasteiger partial charge is 0.305 e. The standard InChI is InChI=1S/C17H23BrO5/c1-2-3-11-22-16(19)5-4-6-17(20)23-13-12-21-15-9-7-14(18)8-10-15/h7-10H,2-6,11-13H2,1H3. The number of carbonyl (C=O) groups is 2. The van der Waals surface area contributed by atoms with Gasteiger partial charge in [-0.15, -0.1) is 0 Å². The molecule has 0 unspecified atom stereocenters. The molecule has 0 heterocycles. The minimum absolute atomic E-state index is 0.190. The number of hydrogen-bond acceptors (Lipinski definition) is 5. The van der Waals surface area contributed by atoms with E-state index < -0.39 is 0 Å². The van der Waals surface area contributed by atoms with Crippen molar-refractivity contribution < 1.29 is 23.8 Å². The monoisotopic (exact) mass is 386 g/mol. The van der Waals surface area contributed by atoms with E-state index in [4.69, 9.17) is 14.2 Å². The lowest BCUT2D eigenvalue weighted by atomic mass is 10.2. The molecule has 0 aliphatic carbocycles. The molecule has 0 bridgehead atoms. The van der Waals surface area contributed by atoms with Crippen molar-refractivity contribution in [2.75, 3.05) is 19.8 Å². The molecule has 0 saturated carbocycles. The molecule has 0 aliphatic heterocycles. The SMILES string of the molecule is CCCCOC(=O)CCCC(=O)OCCOc1ccc(Br)cc1. The van der Waals surface area contributed by atoms with Gasteiger partial charge >= 0.3 is 11.9 Å². The number of carbonyl (C=O) groups excluding carboxylic acids is 2. The molecule has 1 rings (SSSR count). The Kier molecular flexibility index (Phi) is 10.1. The molecule has 0 N–H and O–H groups in total. The van der Waals surface area contributed by atoms with Gasteiger partial charge in [0.25, 0.3) is 0 Å². The fourth-order valence-electron chi connectivity index (χ4n) is 1.70. The molecular weight excluding hydrogens is 364 g/mol. The number of rotatable bonds is 11. The van der Waals surface area contributed by atoms with E-state index in [1.54, 1.807) is 0 Å². The highest BCUT2D eigenvalue weighted by Gasteiger charge is 2.07. The molecule has 0 saturated heterocycles. The van der Waals surface area contributed by atoms with E-state index >= 15 is 0 Å². The van der Waals surface area contributed by atoms with E-state index in [-0.39, 0.29) is 31.4 Å². The van der Waals surface area contributed by atoms with Crippen molar-refractivity contribution in [3.05, 3.63) is 28.7 Å². The summed E-state index contributed by atoms with van der Waals surface area (Å²) in [6.07, 6.45) is 2.75. The van der Waals surface area contributed by atoms with Crippen LogP contribution in [0.5, 0.6) is 5.75 Å². The number of unbranched alkanes of at least 4 members (excludes halogenated alkanes) is 1. The van der Waals surface area contributed by atoms with E-state index in [1.165, 1.54) is 0 Å². The van der Waals surface area contributed by atoms with Crippen LogP contribution in [0.15, 0.2) is 28.7 Å². The zero-order chi connectivity index (χ0) is 16.9. The first-order valence-corrected chi connectivity index (χ1v) is 8.60. The second kappa shape index (κ2) is 11.9. The molecule has 6 heteroatoms. The van der Waals surface area contributed by atoms with Crippen molar-refractivity contribution in [2.45, 2.75) is 39.0 Å². The summed E-state index contributed by atoms with van der Waals surface area (Å²) >= 11 is 3.34. The number of esters is 2. The molecule has 0 radical (unpaired) electrons. The van der Waals surface area contributed by atoms with E-state index in [9.17, 15) is 9.59 Å². The van der Waals surface area contributed by atoms with Crippen LogP contribution in [0, 0.1) is 0 Å². The average molecular weight is 387 g/mol. The Morgan fingerprint density at radius 2 is 1.52 bits per heavy atom. The highest BCUT2D eigenvalue weighted by Crippen LogP contribution is 2.15. The summed E-state index contributed by atoms with van der Waals surface area (Å²) in [5, 5.41) is 0. The Morgan fingerprint density at radius 1 is 0.913 bits per heavy atom. The van der Waals surface area contributed by atoms with E-state index in [1.807, 2.05) is 31.2 Å². The van der Waals surface area contributed by atoms with Crippen molar-refractivity contribution in [3.63, 3.8) is 0 Å². The first kappa shape index (κ1) is 19.5. The summed E-state index contributed by atoms with van der Waals surface area (Å²) in [6.45, 7) is 2.97. The quantitative estimate of drug-likeness (QED) is 0.426. The summed E-state index contributed by atoms with van der Waals surface area (Å²) < 4.78 is 16.5. The number of ether oxygens (including phenoxy) is 3. The van der Waals surface area contributed by atoms with Crippen LogP contribution in [-0.2, 0) is 19.1 Å². The van der Waals surface area contributed by atoms with Crippen molar-refractivity contribution in [1.29, 1.82) is 0 Å². The van der Waals surface area contributed by atoms with Gasteiger partial charge in [-0.2, -0.15) is 0 Å². The summed E-state index contributed by atoms with van der Waals surface area (Å²) in [7, 11) is 0. The molecule has 0 aromatic heterocycles. The number of benzene rings is 1. The maximum absolute atomic E-state index is 11.5. The second-order valence-corrected chi connectivity index (χ2v) is 5.87. The third-order valence-corrected chi connectivity index (χ3v) is 3.48. The van der Waals surface area contributed by atoms with Crippen molar-refractivity contribution in [1.82, 2.24) is 0 Å². The maximum atomic E-state index is 11.5. The Balaban J connectivity index is 2.01. The topological polar surface area (TPSA) is 61.8 Å². The molecular formula is C17H23BrO5. The molecule has 0 spiro atoms. The fraction of sp³-hybridized carbons (Fsp3) is 0.529. The zero-order valence-corrected chi connectivity index (χ0v) is 15.0. The third-order valence-electron chi connectivity index (χ3n) is 2.95. The van der Waals surface area contributed by atoms with E-state index in [0.29, 0.717) is 19.6 Å². The van der Waals surface area contributed by atoms with Crippen LogP contribution in [0.2, 0.25) is 0 Å². The van der Waals surface area contributed by atoms with Crippen LogP contribution in [-0.4, -0.2) is 31.8 Å². The van der Waals surface area contributed by atoms with Gasteiger partial charge in [0.1, 0.15) is 19.0 Å². The molecule has 0 amide bonds. The Bertz CT molecular complexity index is 472. The number of halogens is 1. The van der Waals surface area contributed by atoms with Gasteiger partial charge in [-0.1, -0.05) is 29.3 Å². The lowest BCUT2D eigenvalue weighted by Gasteiger charge is -2.07. The Morgan fingerprint density at radius 3 is 2.13 bits per heavy atom. The Hall–Kier alpha value is -1.56. The van der Waals surface area contributed by atoms with Crippen LogP contribution < -0.4 is 4.74 Å². The van der Waals surface area contributed by atoms with Crippen molar-refractivity contribution in [3.8, 4) is 5.75 Å². The molecule has 0 fully saturated rings. The van der Waals surface area contributed by atoms with Gasteiger partial charge in [0.2, 0.25) is 0 Å². The van der Waals surface area contributed by atoms with Gasteiger partial charge in [-0.05, 0) is 37.1 Å². The van der Waals surface area contributed by atoms with Crippen LogP contribution in [0.25, 0.3) is 0 Å². The van der Waals surface area contributed by atoms with Gasteiger partial charge in [0.05, 0.1) is 6.61 Å². The first-order chi connectivity index (χ1) is 11.1. The third kappa shape index (κ3) is 9.94. The average Bonchev–Trinajstić information content (AvgIpc) is 2.53. The molecule has 1 aromatic rings. The summed E-state index contributed by atoms with van der Waals surface area (Å²) in [5.41, 5.74) is 0. The van der Waals surface area contributed by atoms with Crippen LogP contribution >= 0.6 is 15.9 Å². The maximum Gasteiger partial charge on any atom is 0.305 e. The zero-order valence-electron chi connectivity index (χ0n) is 13.4. The molecule has 0 atom stereocenters. The fourth-order valence-corrected chi connectivity index (χ4v) is 1.96. The lowest BCUT2D eigenvalue weighted by molar-refractivity contribution is -0.145. The number of hydrogen-bond donors (Lipinski definition) is 0. The molecule has 23 heavy (non-hydrogen) atoms. The largest absolute Gasteiger partial charge is 0.490 e. The van der Waals surface area contributed by atoms with E-state index in [2.05, 4.69) is 15.9 Å². The molecule has 0 aliphatic rings. The molecule has 128 valence electrons. The van der Waals surface area contributed by atoms with Gasteiger partial charge in [-0.25, -0.2) is 0 Å². The summed E-state index contributed by atoms with van der Waals surface area (Å²) in [6, 6.07) is 7.41. The predicted octanol–water partition coefficient (Wildman–Crippen LogP) is 3.88. The summed E-state index contributed by atoms with van der Waals surface area (Å²) in [4.78, 5) is 22.8. The van der Waals surface area contributed by atoms with Crippen LogP contribution in [0.3, 0.4) is 0 Å². The highest BCUT2D eigenvalue weighted by atomic mass is 79.9. The van der Waals surface area contributed by atoms with Crippen LogP contribution in [0.1, 0.15) is 39.0 Å². The normalized spacial score (nSPS) is 10.2. The van der Waals surface area contributed by atoms with Gasteiger partial charge in [-0.3, -0.25) is 9.59 Å². The van der Waals surface area contributed by atoms with Crippen LogP contribution in [0.4, 0.5) is 0 Å². The second-order valence-electron chi connectivity index (χ2n) is 4.95. The minimum atomic E-state index is -0.328. The van der Waals surface area contributed by atoms with Crippen molar-refractivity contribution >= 4 is 27.9 Å². The van der Waals surface area contributed by atoms with Gasteiger partial charge in [0, 0.05) is 17.3 Å². The summed E-state index contributed by atoms with van der Waals surface area (Å²) in [5.74, 6) is 0.134. The van der Waals surface area contributed by atoms with E-state index in [0.717, 1.165) is 23.1 Å². The van der Waals surface area contributed by atoms with Crippen molar-refractivity contribution in [2.24, 2.45) is 0 Å². The first-order valence-electron chi connectivity index (χ1n) is 7.81. The molecule has 5 nitrogen and oxygen atoms in total. The highest BCUT2D eigenvalue weighted by molar-refractivity contribution is 9.10. The Labute approximate surface area is 145 Å². The predicted molar refractivity (Wildman–Crippen MR) is 90.3 cm³/mol. The molecule has 1 aromatic carbocycles. The van der Waals surface area contributed by atoms with Gasteiger partial charge in [0.15, 0.2) is 0 Å². The lowest BCUT2D eigenvalue weighted by Crippen LogP contribution is -2.13. The minimum Gasteiger partial charge on any atom is -0.490 e. The van der Waals surface area contributed by atoms with Gasteiger partial charge < -0.3 is 14.2 Å².